The third-order valence-electron chi connectivity index (χ3n) is 4.82. The average Bonchev–Trinajstić information content (AvgIpc) is 3.18. The van der Waals surface area contributed by atoms with E-state index in [0.717, 1.165) is 30.0 Å². The Morgan fingerprint density at radius 1 is 1.35 bits per heavy atom. The van der Waals surface area contributed by atoms with Gasteiger partial charge in [0.1, 0.15) is 15.5 Å². The molecule has 3 rings (SSSR count). The molecule has 1 atom stereocenters. The summed E-state index contributed by atoms with van der Waals surface area (Å²) in [6.45, 7) is 7.95. The number of aryl methyl sites for hydroxylation is 2. The predicted octanol–water partition coefficient (Wildman–Crippen LogP) is 2.03. The van der Waals surface area contributed by atoms with Gasteiger partial charge in [-0.05, 0) is 31.7 Å². The first-order chi connectivity index (χ1) is 12.3. The van der Waals surface area contributed by atoms with Crippen molar-refractivity contribution in [3.8, 4) is 0 Å². The highest BCUT2D eigenvalue weighted by Crippen LogP contribution is 2.29. The highest BCUT2D eigenvalue weighted by atomic mass is 32.1. The second-order valence-electron chi connectivity index (χ2n) is 7.00. The second-order valence-corrected chi connectivity index (χ2v) is 8.00. The van der Waals surface area contributed by atoms with Crippen molar-refractivity contribution in [3.05, 3.63) is 26.6 Å². The van der Waals surface area contributed by atoms with E-state index in [0.29, 0.717) is 33.1 Å². The van der Waals surface area contributed by atoms with Crippen LogP contribution in [0.1, 0.15) is 48.3 Å². The lowest BCUT2D eigenvalue weighted by Crippen LogP contribution is -2.38. The molecular weight excluding hydrogens is 354 g/mol. The van der Waals surface area contributed by atoms with E-state index in [-0.39, 0.29) is 24.1 Å². The molecule has 0 spiro atoms. The van der Waals surface area contributed by atoms with Crippen LogP contribution in [-0.4, -0.2) is 34.1 Å². The molecular formula is C18H23N3O4S. The number of aromatic nitrogens is 2. The fraction of sp³-hybridized carbons (Fsp3) is 0.556. The Hall–Kier alpha value is -2.22. The predicted molar refractivity (Wildman–Crippen MR) is 99.7 cm³/mol. The summed E-state index contributed by atoms with van der Waals surface area (Å²) in [7, 11) is 0. The smallest absolute Gasteiger partial charge is 0.349 e. The van der Waals surface area contributed by atoms with E-state index in [1.165, 1.54) is 0 Å². The van der Waals surface area contributed by atoms with Crippen LogP contribution in [0.2, 0.25) is 0 Å². The molecule has 0 bridgehead atoms. The number of thiophene rings is 1. The number of carbonyl (C=O) groups is 2. The zero-order chi connectivity index (χ0) is 19.0. The number of amides is 1. The summed E-state index contributed by atoms with van der Waals surface area (Å²) in [6.07, 6.45) is 1.69. The van der Waals surface area contributed by atoms with Crippen LogP contribution in [0.25, 0.3) is 10.2 Å². The largest absolute Gasteiger partial charge is 0.451 e. The monoisotopic (exact) mass is 377 g/mol. The number of hydrogen-bond donors (Lipinski definition) is 1. The van der Waals surface area contributed by atoms with Crippen molar-refractivity contribution in [2.24, 2.45) is 5.92 Å². The van der Waals surface area contributed by atoms with Gasteiger partial charge in [0.05, 0.1) is 5.39 Å². The molecule has 8 heteroatoms. The molecule has 1 N–H and O–H groups in total. The van der Waals surface area contributed by atoms with Gasteiger partial charge in [0.15, 0.2) is 6.61 Å². The zero-order valence-corrected chi connectivity index (χ0v) is 16.2. The minimum Gasteiger partial charge on any atom is -0.451 e. The van der Waals surface area contributed by atoms with Gasteiger partial charge in [0.25, 0.3) is 11.5 Å². The minimum absolute atomic E-state index is 0.00102. The van der Waals surface area contributed by atoms with Gasteiger partial charge in [-0.3, -0.25) is 14.2 Å². The molecule has 0 saturated carbocycles. The number of esters is 1. The molecule has 3 heterocycles. The van der Waals surface area contributed by atoms with Crippen LogP contribution in [0, 0.1) is 12.8 Å². The molecule has 1 aliphatic rings. The normalized spacial score (nSPS) is 14.5. The number of fused-ring (bicyclic) bond motifs is 2. The number of hydrogen-bond acceptors (Lipinski definition) is 6. The van der Waals surface area contributed by atoms with Crippen LogP contribution in [0.5, 0.6) is 0 Å². The van der Waals surface area contributed by atoms with Crippen molar-refractivity contribution in [3.63, 3.8) is 0 Å². The molecule has 140 valence electrons. The standard InChI is InChI=1S/C18H23N3O4S/c1-9(2)11(4)19-13(22)8-25-18(24)15-10(3)14-16(26-15)20-12-6-5-7-21(12)17(14)23/h9,11H,5-8H2,1-4H3,(H,19,22)/t11-/m0/s1. The first-order valence-corrected chi connectivity index (χ1v) is 9.60. The highest BCUT2D eigenvalue weighted by Gasteiger charge is 2.24. The van der Waals surface area contributed by atoms with Crippen LogP contribution in [0.3, 0.4) is 0 Å². The molecule has 2 aromatic rings. The fourth-order valence-electron chi connectivity index (χ4n) is 2.93. The molecule has 0 saturated heterocycles. The van der Waals surface area contributed by atoms with Crippen LogP contribution >= 0.6 is 11.3 Å². The first-order valence-electron chi connectivity index (χ1n) is 8.79. The lowest BCUT2D eigenvalue weighted by Gasteiger charge is -2.17. The fourth-order valence-corrected chi connectivity index (χ4v) is 4.01. The van der Waals surface area contributed by atoms with Crippen LogP contribution in [-0.2, 0) is 22.5 Å². The van der Waals surface area contributed by atoms with E-state index in [4.69, 9.17) is 4.74 Å². The van der Waals surface area contributed by atoms with Crippen LogP contribution < -0.4 is 10.9 Å². The van der Waals surface area contributed by atoms with Crippen molar-refractivity contribution in [2.75, 3.05) is 6.61 Å². The lowest BCUT2D eigenvalue weighted by molar-refractivity contribution is -0.125. The molecule has 1 amide bonds. The van der Waals surface area contributed by atoms with Crippen molar-refractivity contribution in [2.45, 2.75) is 53.1 Å². The average molecular weight is 377 g/mol. The third kappa shape index (κ3) is 3.38. The highest BCUT2D eigenvalue weighted by molar-refractivity contribution is 7.20. The van der Waals surface area contributed by atoms with E-state index < -0.39 is 5.97 Å². The number of rotatable bonds is 5. The Kier molecular flexibility index (Phi) is 5.13. The quantitative estimate of drug-likeness (QED) is 0.805. The van der Waals surface area contributed by atoms with E-state index >= 15 is 0 Å². The van der Waals surface area contributed by atoms with Crippen molar-refractivity contribution >= 4 is 33.4 Å². The van der Waals surface area contributed by atoms with E-state index in [9.17, 15) is 14.4 Å². The maximum absolute atomic E-state index is 12.6. The molecule has 26 heavy (non-hydrogen) atoms. The Balaban J connectivity index is 1.77. The zero-order valence-electron chi connectivity index (χ0n) is 15.4. The molecule has 0 fully saturated rings. The summed E-state index contributed by atoms with van der Waals surface area (Å²) in [4.78, 5) is 42.3. The number of nitrogens with one attached hydrogen (secondary N) is 1. The Morgan fingerprint density at radius 2 is 2.08 bits per heavy atom. The maximum atomic E-state index is 12.6. The minimum atomic E-state index is -0.595. The van der Waals surface area contributed by atoms with Gasteiger partial charge < -0.3 is 10.1 Å². The summed E-state index contributed by atoms with van der Waals surface area (Å²) >= 11 is 1.15. The molecule has 2 aromatic heterocycles. The first kappa shape index (κ1) is 18.6. The van der Waals surface area contributed by atoms with Crippen molar-refractivity contribution < 1.29 is 14.3 Å². The molecule has 1 aliphatic heterocycles. The lowest BCUT2D eigenvalue weighted by atomic mass is 10.1. The summed E-state index contributed by atoms with van der Waals surface area (Å²) in [6, 6.07) is -0.00102. The Bertz CT molecular complexity index is 929. The van der Waals surface area contributed by atoms with Gasteiger partial charge in [0.2, 0.25) is 0 Å². The molecule has 7 nitrogen and oxygen atoms in total. The SMILES string of the molecule is Cc1c(C(=O)OCC(=O)N[C@@H](C)C(C)C)sc2nc3n(c(=O)c12)CCC3. The van der Waals surface area contributed by atoms with Gasteiger partial charge >= 0.3 is 5.97 Å². The van der Waals surface area contributed by atoms with Crippen LogP contribution in [0.4, 0.5) is 0 Å². The summed E-state index contributed by atoms with van der Waals surface area (Å²) < 4.78 is 6.82. The van der Waals surface area contributed by atoms with Crippen molar-refractivity contribution in [1.82, 2.24) is 14.9 Å². The molecule has 0 aromatic carbocycles. The van der Waals surface area contributed by atoms with E-state index in [1.54, 1.807) is 11.5 Å². The molecule has 0 radical (unpaired) electrons. The van der Waals surface area contributed by atoms with E-state index in [1.807, 2.05) is 20.8 Å². The Morgan fingerprint density at radius 3 is 2.77 bits per heavy atom. The third-order valence-corrected chi connectivity index (χ3v) is 5.99. The number of ether oxygens (including phenoxy) is 1. The number of nitrogens with zero attached hydrogens (tertiary/aromatic N) is 2. The molecule has 0 unspecified atom stereocenters. The summed E-state index contributed by atoms with van der Waals surface area (Å²) in [5.41, 5.74) is 0.476. The van der Waals surface area contributed by atoms with Gasteiger partial charge in [-0.15, -0.1) is 11.3 Å². The second kappa shape index (κ2) is 7.19. The Labute approximate surface area is 155 Å². The maximum Gasteiger partial charge on any atom is 0.349 e. The molecule has 0 aliphatic carbocycles. The van der Waals surface area contributed by atoms with Gasteiger partial charge in [0, 0.05) is 19.0 Å². The van der Waals surface area contributed by atoms with Crippen LogP contribution in [0.15, 0.2) is 4.79 Å². The summed E-state index contributed by atoms with van der Waals surface area (Å²) in [5.74, 6) is 0.129. The van der Waals surface area contributed by atoms with E-state index in [2.05, 4.69) is 10.3 Å². The summed E-state index contributed by atoms with van der Waals surface area (Å²) in [5, 5.41) is 3.27. The van der Waals surface area contributed by atoms with Crippen molar-refractivity contribution in [1.29, 1.82) is 0 Å². The number of carbonyl (C=O) groups excluding carboxylic acids is 2. The topological polar surface area (TPSA) is 90.3 Å². The van der Waals surface area contributed by atoms with Gasteiger partial charge in [-0.1, -0.05) is 13.8 Å². The van der Waals surface area contributed by atoms with Gasteiger partial charge in [-0.2, -0.15) is 0 Å². The van der Waals surface area contributed by atoms with Gasteiger partial charge in [-0.25, -0.2) is 9.78 Å².